The Hall–Kier alpha value is -6.96. The predicted molar refractivity (Wildman–Crippen MR) is 226 cm³/mol. The fourth-order valence-electron chi connectivity index (χ4n) is 7.26. The standard InChI is InChI=1S/C52H37N/c1-4-13-38(14-5-1)48-35-49(39-15-6-2-7-16-39)37-52(36-48)53(50-21-8-3-9-22-50)51-31-29-42(30-32-51)41-23-25-43(26-24-41)45-19-12-20-46(33-45)47-28-27-40-17-10-11-18-44(40)34-47/h1-37H. The van der Waals surface area contributed by atoms with Crippen molar-refractivity contribution in [2.24, 2.45) is 0 Å². The minimum absolute atomic E-state index is 1.10. The van der Waals surface area contributed by atoms with E-state index >= 15 is 0 Å². The van der Waals surface area contributed by atoms with E-state index in [0.717, 1.165) is 17.1 Å². The van der Waals surface area contributed by atoms with Crippen LogP contribution in [0.4, 0.5) is 17.1 Å². The minimum Gasteiger partial charge on any atom is -0.310 e. The highest BCUT2D eigenvalue weighted by molar-refractivity contribution is 5.89. The zero-order chi connectivity index (χ0) is 35.4. The smallest absolute Gasteiger partial charge is 0.0473 e. The lowest BCUT2D eigenvalue weighted by atomic mass is 9.96. The lowest BCUT2D eigenvalue weighted by Gasteiger charge is -2.27. The van der Waals surface area contributed by atoms with Gasteiger partial charge in [0.1, 0.15) is 0 Å². The van der Waals surface area contributed by atoms with Gasteiger partial charge >= 0.3 is 0 Å². The van der Waals surface area contributed by atoms with E-state index in [1.54, 1.807) is 0 Å². The van der Waals surface area contributed by atoms with Crippen molar-refractivity contribution in [1.29, 1.82) is 0 Å². The van der Waals surface area contributed by atoms with Gasteiger partial charge in [-0.3, -0.25) is 0 Å². The van der Waals surface area contributed by atoms with E-state index < -0.39 is 0 Å². The highest BCUT2D eigenvalue weighted by atomic mass is 15.1. The molecule has 0 aliphatic carbocycles. The van der Waals surface area contributed by atoms with Crippen LogP contribution < -0.4 is 4.90 Å². The molecule has 250 valence electrons. The first-order chi connectivity index (χ1) is 26.2. The maximum atomic E-state index is 2.36. The number of para-hydroxylation sites is 1. The van der Waals surface area contributed by atoms with Gasteiger partial charge in [-0.1, -0.05) is 170 Å². The number of anilines is 3. The number of nitrogens with zero attached hydrogens (tertiary/aromatic N) is 1. The van der Waals surface area contributed by atoms with Crippen LogP contribution in [0.25, 0.3) is 66.4 Å². The molecule has 1 heteroatoms. The summed E-state index contributed by atoms with van der Waals surface area (Å²) < 4.78 is 0. The van der Waals surface area contributed by atoms with Crippen molar-refractivity contribution in [2.45, 2.75) is 0 Å². The second kappa shape index (κ2) is 14.3. The van der Waals surface area contributed by atoms with Crippen LogP contribution in [-0.4, -0.2) is 0 Å². The molecule has 0 aromatic heterocycles. The highest BCUT2D eigenvalue weighted by Crippen LogP contribution is 2.40. The Morgan fingerprint density at radius 2 is 0.566 bits per heavy atom. The summed E-state index contributed by atoms with van der Waals surface area (Å²) in [5.74, 6) is 0. The van der Waals surface area contributed by atoms with Crippen LogP contribution in [-0.2, 0) is 0 Å². The molecule has 0 aliphatic rings. The molecule has 0 radical (unpaired) electrons. The summed E-state index contributed by atoms with van der Waals surface area (Å²) in [4.78, 5) is 2.36. The van der Waals surface area contributed by atoms with Gasteiger partial charge in [0, 0.05) is 17.1 Å². The molecular weight excluding hydrogens is 639 g/mol. The molecule has 1 nitrogen and oxygen atoms in total. The maximum Gasteiger partial charge on any atom is 0.0473 e. The predicted octanol–water partition coefficient (Wildman–Crippen LogP) is 14.6. The summed E-state index contributed by atoms with van der Waals surface area (Å²) in [6.45, 7) is 0. The number of rotatable bonds is 8. The molecule has 9 aromatic rings. The van der Waals surface area contributed by atoms with Crippen molar-refractivity contribution in [3.8, 4) is 55.6 Å². The van der Waals surface area contributed by atoms with Crippen molar-refractivity contribution in [2.75, 3.05) is 4.90 Å². The highest BCUT2D eigenvalue weighted by Gasteiger charge is 2.16. The molecule has 0 spiro atoms. The zero-order valence-electron chi connectivity index (χ0n) is 29.3. The van der Waals surface area contributed by atoms with E-state index in [2.05, 4.69) is 229 Å². The summed E-state index contributed by atoms with van der Waals surface area (Å²) in [6.07, 6.45) is 0. The third kappa shape index (κ3) is 6.77. The van der Waals surface area contributed by atoms with Gasteiger partial charge in [-0.2, -0.15) is 0 Å². The maximum absolute atomic E-state index is 2.36. The van der Waals surface area contributed by atoms with Gasteiger partial charge in [0.25, 0.3) is 0 Å². The third-order valence-corrected chi connectivity index (χ3v) is 10.0. The Kier molecular flexibility index (Phi) is 8.66. The van der Waals surface area contributed by atoms with E-state index in [-0.39, 0.29) is 0 Å². The third-order valence-electron chi connectivity index (χ3n) is 10.0. The number of benzene rings is 9. The molecule has 0 bridgehead atoms. The molecule has 0 heterocycles. The molecule has 0 atom stereocenters. The Bertz CT molecular complexity index is 2570. The lowest BCUT2D eigenvalue weighted by Crippen LogP contribution is -2.10. The number of hydrogen-bond donors (Lipinski definition) is 0. The van der Waals surface area contributed by atoms with Crippen LogP contribution in [0.2, 0.25) is 0 Å². The first-order valence-corrected chi connectivity index (χ1v) is 18.2. The molecule has 0 amide bonds. The quantitative estimate of drug-likeness (QED) is 0.155. The first-order valence-electron chi connectivity index (χ1n) is 18.2. The molecule has 0 aliphatic heterocycles. The van der Waals surface area contributed by atoms with Gasteiger partial charge in [-0.05, 0) is 121 Å². The lowest BCUT2D eigenvalue weighted by molar-refractivity contribution is 1.28. The Morgan fingerprint density at radius 1 is 0.189 bits per heavy atom. The summed E-state index contributed by atoms with van der Waals surface area (Å²) in [6, 6.07) is 80.8. The Morgan fingerprint density at radius 3 is 1.17 bits per heavy atom. The van der Waals surface area contributed by atoms with Crippen LogP contribution >= 0.6 is 0 Å². The van der Waals surface area contributed by atoms with Gasteiger partial charge in [0.05, 0.1) is 0 Å². The molecule has 0 N–H and O–H groups in total. The topological polar surface area (TPSA) is 3.24 Å². The molecule has 53 heavy (non-hydrogen) atoms. The van der Waals surface area contributed by atoms with E-state index in [9.17, 15) is 0 Å². The van der Waals surface area contributed by atoms with Crippen molar-refractivity contribution in [3.63, 3.8) is 0 Å². The summed E-state index contributed by atoms with van der Waals surface area (Å²) in [5, 5.41) is 2.52. The monoisotopic (exact) mass is 675 g/mol. The minimum atomic E-state index is 1.10. The molecule has 9 aromatic carbocycles. The van der Waals surface area contributed by atoms with Gasteiger partial charge in [-0.15, -0.1) is 0 Å². The first kappa shape index (κ1) is 32.0. The van der Waals surface area contributed by atoms with Crippen molar-refractivity contribution in [3.05, 3.63) is 224 Å². The van der Waals surface area contributed by atoms with Gasteiger partial charge in [0.2, 0.25) is 0 Å². The largest absolute Gasteiger partial charge is 0.310 e. The fourth-order valence-corrected chi connectivity index (χ4v) is 7.26. The normalized spacial score (nSPS) is 11.0. The second-order valence-corrected chi connectivity index (χ2v) is 13.4. The van der Waals surface area contributed by atoms with Gasteiger partial charge in [-0.25, -0.2) is 0 Å². The second-order valence-electron chi connectivity index (χ2n) is 13.4. The van der Waals surface area contributed by atoms with Crippen LogP contribution in [0.3, 0.4) is 0 Å². The Balaban J connectivity index is 1.04. The molecular formula is C52H37N. The fraction of sp³-hybridized carbons (Fsp3) is 0. The molecule has 0 unspecified atom stereocenters. The average Bonchev–Trinajstić information content (AvgIpc) is 3.25. The van der Waals surface area contributed by atoms with Crippen LogP contribution in [0.5, 0.6) is 0 Å². The zero-order valence-corrected chi connectivity index (χ0v) is 29.3. The SMILES string of the molecule is c1ccc(-c2cc(-c3ccccc3)cc(N(c3ccccc3)c3ccc(-c4ccc(-c5cccc(-c6ccc7ccccc7c6)c5)cc4)cc3)c2)cc1. The van der Waals surface area contributed by atoms with E-state index in [4.69, 9.17) is 0 Å². The number of fused-ring (bicyclic) bond motifs is 1. The molecule has 0 fully saturated rings. The van der Waals surface area contributed by atoms with E-state index in [1.807, 2.05) is 0 Å². The van der Waals surface area contributed by atoms with E-state index in [1.165, 1.54) is 66.4 Å². The van der Waals surface area contributed by atoms with Crippen LogP contribution in [0, 0.1) is 0 Å². The summed E-state index contributed by atoms with van der Waals surface area (Å²) >= 11 is 0. The Labute approximate surface area is 311 Å². The summed E-state index contributed by atoms with van der Waals surface area (Å²) in [5.41, 5.74) is 15.3. The summed E-state index contributed by atoms with van der Waals surface area (Å²) in [7, 11) is 0. The van der Waals surface area contributed by atoms with Crippen molar-refractivity contribution in [1.82, 2.24) is 0 Å². The van der Waals surface area contributed by atoms with Gasteiger partial charge < -0.3 is 4.90 Å². The van der Waals surface area contributed by atoms with Gasteiger partial charge in [0.15, 0.2) is 0 Å². The van der Waals surface area contributed by atoms with E-state index in [0.29, 0.717) is 0 Å². The van der Waals surface area contributed by atoms with Crippen LogP contribution in [0.1, 0.15) is 0 Å². The van der Waals surface area contributed by atoms with Crippen molar-refractivity contribution < 1.29 is 0 Å². The average molecular weight is 676 g/mol. The van der Waals surface area contributed by atoms with Crippen LogP contribution in [0.15, 0.2) is 224 Å². The molecule has 0 saturated heterocycles. The van der Waals surface area contributed by atoms with Crippen molar-refractivity contribution >= 4 is 27.8 Å². The molecule has 9 rings (SSSR count). The molecule has 0 saturated carbocycles. The number of hydrogen-bond acceptors (Lipinski definition) is 1.